The molecule has 106 valence electrons. The third kappa shape index (κ3) is 3.56. The summed E-state index contributed by atoms with van der Waals surface area (Å²) in [5.74, 6) is 0. The molecule has 2 aromatic rings. The van der Waals surface area contributed by atoms with Crippen LogP contribution in [-0.2, 0) is 11.3 Å². The van der Waals surface area contributed by atoms with Crippen molar-refractivity contribution >= 4 is 10.8 Å². The van der Waals surface area contributed by atoms with Gasteiger partial charge in [0.1, 0.15) is 0 Å². The van der Waals surface area contributed by atoms with Crippen molar-refractivity contribution in [3.05, 3.63) is 42.2 Å². The molecule has 1 aliphatic carbocycles. The number of nitrogens with zero attached hydrogens (tertiary/aromatic N) is 1. The highest BCUT2D eigenvalue weighted by atomic mass is 16.5. The molecule has 0 atom stereocenters. The highest BCUT2D eigenvalue weighted by Crippen LogP contribution is 2.20. The van der Waals surface area contributed by atoms with Gasteiger partial charge in [0.15, 0.2) is 0 Å². The maximum absolute atomic E-state index is 5.84. The van der Waals surface area contributed by atoms with Crippen molar-refractivity contribution in [3.63, 3.8) is 0 Å². The smallest absolute Gasteiger partial charge is 0.0594 e. The lowest BCUT2D eigenvalue weighted by Crippen LogP contribution is -2.21. The molecule has 0 radical (unpaired) electrons. The van der Waals surface area contributed by atoms with Crippen LogP contribution in [0, 0.1) is 0 Å². The highest BCUT2D eigenvalue weighted by Gasteiger charge is 2.14. The molecule has 1 N–H and O–H groups in total. The third-order valence-electron chi connectivity index (χ3n) is 3.97. The van der Waals surface area contributed by atoms with Crippen molar-refractivity contribution in [1.82, 2.24) is 10.3 Å². The van der Waals surface area contributed by atoms with Gasteiger partial charge >= 0.3 is 0 Å². The lowest BCUT2D eigenvalue weighted by molar-refractivity contribution is 0.0603. The van der Waals surface area contributed by atoms with E-state index in [1.165, 1.54) is 42.0 Å². The Kier molecular flexibility index (Phi) is 4.61. The Morgan fingerprint density at radius 3 is 2.95 bits per heavy atom. The summed E-state index contributed by atoms with van der Waals surface area (Å²) in [6.07, 6.45) is 9.44. The molecule has 1 aliphatic rings. The normalized spacial score (nSPS) is 16.0. The van der Waals surface area contributed by atoms with Gasteiger partial charge in [-0.3, -0.25) is 4.98 Å². The van der Waals surface area contributed by atoms with Crippen molar-refractivity contribution < 1.29 is 4.74 Å². The summed E-state index contributed by atoms with van der Waals surface area (Å²) in [6, 6.07) is 8.58. The number of hydrogen-bond acceptors (Lipinski definition) is 3. The summed E-state index contributed by atoms with van der Waals surface area (Å²) in [5.41, 5.74) is 1.31. The zero-order chi connectivity index (χ0) is 13.6. The standard InChI is InChI=1S/C17H22N2O/c1-2-4-17(3-1)20-10-9-19-12-14-5-6-16-13-18-8-7-15(16)11-14/h5-8,11,13,17,19H,1-4,9-10,12H2. The molecule has 0 bridgehead atoms. The van der Waals surface area contributed by atoms with E-state index in [9.17, 15) is 0 Å². The lowest BCUT2D eigenvalue weighted by atomic mass is 10.1. The Morgan fingerprint density at radius 1 is 1.15 bits per heavy atom. The van der Waals surface area contributed by atoms with Crippen LogP contribution in [-0.4, -0.2) is 24.2 Å². The molecule has 20 heavy (non-hydrogen) atoms. The van der Waals surface area contributed by atoms with E-state index < -0.39 is 0 Å². The molecule has 0 saturated heterocycles. The van der Waals surface area contributed by atoms with Crippen LogP contribution in [0.15, 0.2) is 36.7 Å². The average Bonchev–Trinajstić information content (AvgIpc) is 3.00. The molecule has 3 heteroatoms. The maximum Gasteiger partial charge on any atom is 0.0594 e. The summed E-state index contributed by atoms with van der Waals surface area (Å²) in [7, 11) is 0. The fourth-order valence-electron chi connectivity index (χ4n) is 2.83. The molecule has 1 fully saturated rings. The van der Waals surface area contributed by atoms with Crippen LogP contribution in [0.3, 0.4) is 0 Å². The quantitative estimate of drug-likeness (QED) is 0.818. The fraction of sp³-hybridized carbons (Fsp3) is 0.471. The average molecular weight is 270 g/mol. The largest absolute Gasteiger partial charge is 0.377 e. The van der Waals surface area contributed by atoms with Crippen LogP contribution in [0.4, 0.5) is 0 Å². The Hall–Kier alpha value is -1.45. The van der Waals surface area contributed by atoms with Crippen molar-refractivity contribution in [2.75, 3.05) is 13.2 Å². The molecule has 3 rings (SSSR count). The summed E-state index contributed by atoms with van der Waals surface area (Å²) < 4.78 is 5.84. The van der Waals surface area contributed by atoms with E-state index in [0.29, 0.717) is 6.10 Å². The second kappa shape index (κ2) is 6.82. The molecule has 3 nitrogen and oxygen atoms in total. The molecule has 0 aliphatic heterocycles. The first kappa shape index (κ1) is 13.5. The first-order valence-corrected chi connectivity index (χ1v) is 7.57. The number of aromatic nitrogens is 1. The van der Waals surface area contributed by atoms with Crippen molar-refractivity contribution in [1.29, 1.82) is 0 Å². The SMILES string of the molecule is c1cc2cc(CNCCOC3CCCC3)ccc2cn1. The summed E-state index contributed by atoms with van der Waals surface area (Å²) in [5, 5.41) is 5.90. The van der Waals surface area contributed by atoms with Crippen LogP contribution < -0.4 is 5.32 Å². The summed E-state index contributed by atoms with van der Waals surface area (Å²) >= 11 is 0. The number of pyridine rings is 1. The van der Waals surface area contributed by atoms with Crippen molar-refractivity contribution in [2.24, 2.45) is 0 Å². The van der Waals surface area contributed by atoms with Crippen molar-refractivity contribution in [2.45, 2.75) is 38.3 Å². The number of hydrogen-bond donors (Lipinski definition) is 1. The predicted octanol–water partition coefficient (Wildman–Crippen LogP) is 3.28. The van der Waals surface area contributed by atoms with E-state index in [2.05, 4.69) is 34.6 Å². The van der Waals surface area contributed by atoms with Crippen molar-refractivity contribution in [3.8, 4) is 0 Å². The number of rotatable bonds is 6. The van der Waals surface area contributed by atoms with Gasteiger partial charge in [-0.25, -0.2) is 0 Å². The van der Waals surface area contributed by atoms with E-state index in [1.807, 2.05) is 12.4 Å². The molecular formula is C17H22N2O. The second-order valence-corrected chi connectivity index (χ2v) is 5.51. The first-order valence-electron chi connectivity index (χ1n) is 7.57. The van der Waals surface area contributed by atoms with E-state index in [1.54, 1.807) is 0 Å². The predicted molar refractivity (Wildman–Crippen MR) is 81.7 cm³/mol. The Balaban J connectivity index is 1.42. The molecule has 0 amide bonds. The number of nitrogens with one attached hydrogen (secondary N) is 1. The molecule has 1 saturated carbocycles. The zero-order valence-corrected chi connectivity index (χ0v) is 11.8. The van der Waals surface area contributed by atoms with Crippen LogP contribution in [0.5, 0.6) is 0 Å². The Bertz CT molecular complexity index is 549. The van der Waals surface area contributed by atoms with Crippen LogP contribution >= 0.6 is 0 Å². The van der Waals surface area contributed by atoms with Crippen LogP contribution in [0.2, 0.25) is 0 Å². The summed E-state index contributed by atoms with van der Waals surface area (Å²) in [4.78, 5) is 4.13. The van der Waals surface area contributed by atoms with Gasteiger partial charge in [-0.05, 0) is 35.9 Å². The summed E-state index contributed by atoms with van der Waals surface area (Å²) in [6.45, 7) is 2.64. The minimum Gasteiger partial charge on any atom is -0.377 e. The minimum absolute atomic E-state index is 0.518. The van der Waals surface area contributed by atoms with Crippen LogP contribution in [0.25, 0.3) is 10.8 Å². The maximum atomic E-state index is 5.84. The van der Waals surface area contributed by atoms with E-state index in [0.717, 1.165) is 19.7 Å². The van der Waals surface area contributed by atoms with Gasteiger partial charge in [0.05, 0.1) is 12.7 Å². The Morgan fingerprint density at radius 2 is 2.05 bits per heavy atom. The van der Waals surface area contributed by atoms with Gasteiger partial charge in [0.2, 0.25) is 0 Å². The number of benzene rings is 1. The topological polar surface area (TPSA) is 34.1 Å². The molecular weight excluding hydrogens is 248 g/mol. The molecule has 0 spiro atoms. The van der Waals surface area contributed by atoms with Gasteiger partial charge < -0.3 is 10.1 Å². The van der Waals surface area contributed by atoms with E-state index in [4.69, 9.17) is 4.74 Å². The van der Waals surface area contributed by atoms with E-state index in [-0.39, 0.29) is 0 Å². The fourth-order valence-corrected chi connectivity index (χ4v) is 2.83. The monoisotopic (exact) mass is 270 g/mol. The van der Waals surface area contributed by atoms with E-state index >= 15 is 0 Å². The first-order chi connectivity index (χ1) is 9.92. The van der Waals surface area contributed by atoms with Gasteiger partial charge in [-0.15, -0.1) is 0 Å². The third-order valence-corrected chi connectivity index (χ3v) is 3.97. The van der Waals surface area contributed by atoms with Gasteiger partial charge in [0.25, 0.3) is 0 Å². The lowest BCUT2D eigenvalue weighted by Gasteiger charge is -2.11. The minimum atomic E-state index is 0.518. The van der Waals surface area contributed by atoms with Gasteiger partial charge in [-0.1, -0.05) is 25.0 Å². The zero-order valence-electron chi connectivity index (χ0n) is 11.8. The van der Waals surface area contributed by atoms with Gasteiger partial charge in [-0.2, -0.15) is 0 Å². The highest BCUT2D eigenvalue weighted by molar-refractivity contribution is 5.81. The molecule has 1 aromatic heterocycles. The second-order valence-electron chi connectivity index (χ2n) is 5.51. The molecule has 1 aromatic carbocycles. The van der Waals surface area contributed by atoms with Crippen LogP contribution in [0.1, 0.15) is 31.2 Å². The molecule has 1 heterocycles. The molecule has 0 unspecified atom stereocenters. The Labute approximate surface area is 120 Å². The number of ether oxygens (including phenoxy) is 1. The number of fused-ring (bicyclic) bond motifs is 1. The van der Waals surface area contributed by atoms with Gasteiger partial charge in [0, 0.05) is 30.9 Å².